The van der Waals surface area contributed by atoms with Gasteiger partial charge in [0.05, 0.1) is 6.33 Å². The second-order valence-corrected chi connectivity index (χ2v) is 3.58. The summed E-state index contributed by atoms with van der Waals surface area (Å²) in [5.74, 6) is 0. The second-order valence-electron chi connectivity index (χ2n) is 3.58. The lowest BCUT2D eigenvalue weighted by Crippen LogP contribution is -2.28. The van der Waals surface area contributed by atoms with E-state index in [9.17, 15) is 13.2 Å². The van der Waals surface area contributed by atoms with E-state index in [1.165, 1.54) is 12.4 Å². The van der Waals surface area contributed by atoms with Gasteiger partial charge in [0, 0.05) is 18.8 Å². The minimum Gasteiger partial charge on any atom is -0.320 e. The first-order chi connectivity index (χ1) is 8.07. The molecule has 0 spiro atoms. The highest BCUT2D eigenvalue weighted by molar-refractivity contribution is 5.21. The Morgan fingerprint density at radius 3 is 2.41 bits per heavy atom. The summed E-state index contributed by atoms with van der Waals surface area (Å²) >= 11 is 0. The van der Waals surface area contributed by atoms with Crippen LogP contribution in [0.15, 0.2) is 49.1 Å². The van der Waals surface area contributed by atoms with Gasteiger partial charge in [-0.15, -0.1) is 0 Å². The van der Waals surface area contributed by atoms with Gasteiger partial charge in [-0.3, -0.25) is 0 Å². The smallest absolute Gasteiger partial charge is 0.320 e. The van der Waals surface area contributed by atoms with Gasteiger partial charge in [0.15, 0.2) is 6.04 Å². The maximum Gasteiger partial charge on any atom is 0.415 e. The zero-order chi connectivity index (χ0) is 12.3. The minimum absolute atomic E-state index is 0.166. The van der Waals surface area contributed by atoms with Crippen LogP contribution in [0.3, 0.4) is 0 Å². The van der Waals surface area contributed by atoms with E-state index >= 15 is 0 Å². The monoisotopic (exact) mass is 239 g/mol. The Morgan fingerprint density at radius 1 is 1.18 bits per heavy atom. The van der Waals surface area contributed by atoms with E-state index < -0.39 is 12.2 Å². The van der Waals surface area contributed by atoms with E-state index in [-0.39, 0.29) is 6.42 Å². The van der Waals surface area contributed by atoms with Gasteiger partial charge in [0.25, 0.3) is 0 Å². The van der Waals surface area contributed by atoms with Crippen molar-refractivity contribution in [3.05, 3.63) is 60.7 Å². The lowest BCUT2D eigenvalue weighted by Gasteiger charge is -2.20. The van der Waals surface area contributed by atoms with Gasteiger partial charge < -0.3 is 4.57 Å². The van der Waals surface area contributed by atoms with E-state index in [1.54, 1.807) is 30.3 Å². The van der Waals surface area contributed by atoms with E-state index in [0.29, 0.717) is 5.56 Å². The quantitative estimate of drug-likeness (QED) is 0.804. The fourth-order valence-corrected chi connectivity index (χ4v) is 1.55. The van der Waals surface area contributed by atoms with Crippen LogP contribution in [0.5, 0.6) is 0 Å². The number of alkyl halides is 3. The van der Waals surface area contributed by atoms with Gasteiger partial charge in [-0.25, -0.2) is 4.98 Å². The molecule has 5 heteroatoms. The van der Waals surface area contributed by atoms with E-state index in [1.807, 2.05) is 0 Å². The first-order valence-corrected chi connectivity index (χ1v) is 5.02. The van der Waals surface area contributed by atoms with Crippen molar-refractivity contribution < 1.29 is 13.2 Å². The first kappa shape index (κ1) is 11.7. The number of rotatable bonds is 3. The van der Waals surface area contributed by atoms with Gasteiger partial charge in [0.1, 0.15) is 0 Å². The number of hydrogen-bond acceptors (Lipinski definition) is 1. The molecule has 2 rings (SSSR count). The normalized spacial score (nSPS) is 12.0. The summed E-state index contributed by atoms with van der Waals surface area (Å²) in [6.45, 7) is 0. The third-order valence-electron chi connectivity index (χ3n) is 2.36. The highest BCUT2D eigenvalue weighted by atomic mass is 19.4. The number of halogens is 3. The molecule has 0 N–H and O–H groups in total. The van der Waals surface area contributed by atoms with E-state index in [0.717, 1.165) is 10.9 Å². The summed E-state index contributed by atoms with van der Waals surface area (Å²) in [5.41, 5.74) is 0.619. The van der Waals surface area contributed by atoms with Gasteiger partial charge >= 0.3 is 6.18 Å². The van der Waals surface area contributed by atoms with Crippen LogP contribution in [0.1, 0.15) is 5.56 Å². The molecule has 0 bridgehead atoms. The summed E-state index contributed by atoms with van der Waals surface area (Å²) < 4.78 is 39.7. The fraction of sp³-hybridized carbons (Fsp3) is 0.167. The average Bonchev–Trinajstić information content (AvgIpc) is 2.79. The van der Waals surface area contributed by atoms with Crippen molar-refractivity contribution in [2.75, 3.05) is 0 Å². The Bertz CT molecular complexity index is 448. The predicted octanol–water partition coefficient (Wildman–Crippen LogP) is 3.07. The molecule has 1 aromatic carbocycles. The molecule has 1 heterocycles. The lowest BCUT2D eigenvalue weighted by atomic mass is 10.1. The van der Waals surface area contributed by atoms with Crippen molar-refractivity contribution in [3.8, 4) is 0 Å². The number of hydrogen-bond donors (Lipinski definition) is 0. The Hall–Kier alpha value is -1.78. The van der Waals surface area contributed by atoms with E-state index in [4.69, 9.17) is 0 Å². The van der Waals surface area contributed by atoms with Crippen molar-refractivity contribution in [2.45, 2.75) is 12.6 Å². The summed E-state index contributed by atoms with van der Waals surface area (Å²) in [5, 5.41) is 0. The van der Waals surface area contributed by atoms with Crippen molar-refractivity contribution in [2.24, 2.45) is 0 Å². The highest BCUT2D eigenvalue weighted by Gasteiger charge is 2.42. The van der Waals surface area contributed by atoms with Crippen LogP contribution in [0.25, 0.3) is 0 Å². The molecule has 2 nitrogen and oxygen atoms in total. The molecule has 0 fully saturated rings. The molecule has 2 aromatic rings. The van der Waals surface area contributed by atoms with Crippen molar-refractivity contribution in [1.82, 2.24) is 9.55 Å². The standard InChI is InChI=1S/C12H10F3N2/c13-12(14,15)11(17-7-6-16-9-17)8-10-4-2-1-3-5-10/h1-7,9H,8H2. The van der Waals surface area contributed by atoms with Gasteiger partial charge in [-0.05, 0) is 5.56 Å². The van der Waals surface area contributed by atoms with Gasteiger partial charge in [-0.2, -0.15) is 13.2 Å². The number of nitrogens with zero attached hydrogens (tertiary/aromatic N) is 2. The van der Waals surface area contributed by atoms with Gasteiger partial charge in [0.2, 0.25) is 0 Å². The third-order valence-corrected chi connectivity index (χ3v) is 2.36. The molecule has 0 aliphatic carbocycles. The Balaban J connectivity index is 2.24. The van der Waals surface area contributed by atoms with Crippen molar-refractivity contribution in [1.29, 1.82) is 0 Å². The van der Waals surface area contributed by atoms with Crippen LogP contribution in [0.2, 0.25) is 0 Å². The van der Waals surface area contributed by atoms with Crippen molar-refractivity contribution >= 4 is 0 Å². The molecule has 0 aliphatic heterocycles. The number of imidazole rings is 1. The lowest BCUT2D eigenvalue weighted by molar-refractivity contribution is -0.121. The molecule has 0 amide bonds. The molecule has 0 atom stereocenters. The maximum atomic E-state index is 12.9. The molecular formula is C12H10F3N2. The summed E-state index contributed by atoms with van der Waals surface area (Å²) in [4.78, 5) is 3.64. The molecule has 17 heavy (non-hydrogen) atoms. The van der Waals surface area contributed by atoms with Crippen LogP contribution in [-0.2, 0) is 6.42 Å². The van der Waals surface area contributed by atoms with Crippen LogP contribution in [0, 0.1) is 6.04 Å². The Morgan fingerprint density at radius 2 is 1.88 bits per heavy atom. The molecule has 89 valence electrons. The largest absolute Gasteiger partial charge is 0.415 e. The average molecular weight is 239 g/mol. The molecule has 1 radical (unpaired) electrons. The summed E-state index contributed by atoms with van der Waals surface area (Å²) in [7, 11) is 0. The molecule has 0 aliphatic rings. The Kier molecular flexibility index (Phi) is 3.17. The zero-order valence-corrected chi connectivity index (χ0v) is 8.85. The van der Waals surface area contributed by atoms with E-state index in [2.05, 4.69) is 4.98 Å². The maximum absolute atomic E-state index is 12.9. The second kappa shape index (κ2) is 4.61. The number of benzene rings is 1. The SMILES string of the molecule is FC(F)(F)[C](Cc1ccccc1)n1ccnc1. The molecule has 0 saturated carbocycles. The third kappa shape index (κ3) is 2.87. The number of aromatic nitrogens is 2. The molecule has 0 saturated heterocycles. The zero-order valence-electron chi connectivity index (χ0n) is 8.85. The molecule has 0 unspecified atom stereocenters. The van der Waals surface area contributed by atoms with Crippen LogP contribution in [-0.4, -0.2) is 15.7 Å². The topological polar surface area (TPSA) is 17.8 Å². The summed E-state index contributed by atoms with van der Waals surface area (Å²) in [6.07, 6.45) is -0.745. The van der Waals surface area contributed by atoms with Crippen LogP contribution < -0.4 is 0 Å². The molecule has 1 aromatic heterocycles. The minimum atomic E-state index is -4.36. The fourth-order valence-electron chi connectivity index (χ4n) is 1.55. The molecular weight excluding hydrogens is 229 g/mol. The van der Waals surface area contributed by atoms with Crippen LogP contribution in [0.4, 0.5) is 13.2 Å². The Labute approximate surface area is 96.7 Å². The van der Waals surface area contributed by atoms with Gasteiger partial charge in [-0.1, -0.05) is 30.3 Å². The highest BCUT2D eigenvalue weighted by Crippen LogP contribution is 2.32. The van der Waals surface area contributed by atoms with Crippen LogP contribution >= 0.6 is 0 Å². The first-order valence-electron chi connectivity index (χ1n) is 5.02. The predicted molar refractivity (Wildman–Crippen MR) is 57.1 cm³/mol. The summed E-state index contributed by atoms with van der Waals surface area (Å²) in [6, 6.07) is 7.91. The van der Waals surface area contributed by atoms with Crippen molar-refractivity contribution in [3.63, 3.8) is 0 Å².